The highest BCUT2D eigenvalue weighted by Crippen LogP contribution is 2.13. The van der Waals surface area contributed by atoms with E-state index in [1.165, 1.54) is 4.57 Å². The SMILES string of the molecule is Cc1nn(C)c2c(=O)n(CC(=O)NCc3cccc(Br)c3)ccc12. The number of pyridine rings is 1. The lowest BCUT2D eigenvalue weighted by molar-refractivity contribution is -0.121. The van der Waals surface area contributed by atoms with Gasteiger partial charge in [0.05, 0.1) is 5.69 Å². The number of fused-ring (bicyclic) bond motifs is 1. The summed E-state index contributed by atoms with van der Waals surface area (Å²) in [5.74, 6) is -0.213. The largest absolute Gasteiger partial charge is 0.350 e. The van der Waals surface area contributed by atoms with E-state index >= 15 is 0 Å². The lowest BCUT2D eigenvalue weighted by Gasteiger charge is -2.08. The van der Waals surface area contributed by atoms with Crippen LogP contribution in [0.25, 0.3) is 10.9 Å². The summed E-state index contributed by atoms with van der Waals surface area (Å²) >= 11 is 3.40. The number of aromatic nitrogens is 3. The van der Waals surface area contributed by atoms with E-state index in [4.69, 9.17) is 0 Å². The van der Waals surface area contributed by atoms with Crippen LogP contribution >= 0.6 is 15.9 Å². The van der Waals surface area contributed by atoms with Crippen molar-refractivity contribution in [3.8, 4) is 0 Å². The number of nitrogens with zero attached hydrogens (tertiary/aromatic N) is 3. The highest BCUT2D eigenvalue weighted by atomic mass is 79.9. The zero-order valence-electron chi connectivity index (χ0n) is 13.4. The Kier molecular flexibility index (Phi) is 4.53. The molecule has 1 N–H and O–H groups in total. The molecule has 2 heterocycles. The minimum absolute atomic E-state index is 0.0208. The van der Waals surface area contributed by atoms with Crippen LogP contribution in [0.15, 0.2) is 45.8 Å². The number of nitrogens with one attached hydrogen (secondary N) is 1. The van der Waals surface area contributed by atoms with E-state index in [-0.39, 0.29) is 18.0 Å². The Labute approximate surface area is 147 Å². The van der Waals surface area contributed by atoms with Gasteiger partial charge < -0.3 is 9.88 Å². The molecule has 3 rings (SSSR count). The van der Waals surface area contributed by atoms with E-state index in [1.54, 1.807) is 17.9 Å². The predicted octanol–water partition coefficient (Wildman–Crippen LogP) is 2.12. The first-order chi connectivity index (χ1) is 11.5. The molecule has 24 heavy (non-hydrogen) atoms. The van der Waals surface area contributed by atoms with Crippen molar-refractivity contribution in [3.05, 3.63) is 62.6 Å². The lowest BCUT2D eigenvalue weighted by atomic mass is 10.2. The Balaban J connectivity index is 1.75. The van der Waals surface area contributed by atoms with Crippen molar-refractivity contribution in [2.45, 2.75) is 20.0 Å². The van der Waals surface area contributed by atoms with E-state index in [1.807, 2.05) is 37.3 Å². The van der Waals surface area contributed by atoms with Gasteiger partial charge in [-0.15, -0.1) is 0 Å². The Bertz CT molecular complexity index is 974. The summed E-state index contributed by atoms with van der Waals surface area (Å²) in [6.07, 6.45) is 1.64. The molecule has 124 valence electrons. The fourth-order valence-corrected chi connectivity index (χ4v) is 3.13. The fraction of sp³-hybridized carbons (Fsp3) is 0.235. The topological polar surface area (TPSA) is 68.9 Å². The van der Waals surface area contributed by atoms with Crippen molar-refractivity contribution in [2.75, 3.05) is 0 Å². The Morgan fingerprint density at radius 1 is 1.33 bits per heavy atom. The van der Waals surface area contributed by atoms with Gasteiger partial charge in [-0.2, -0.15) is 5.10 Å². The minimum Gasteiger partial charge on any atom is -0.350 e. The molecule has 0 aliphatic carbocycles. The third-order valence-electron chi connectivity index (χ3n) is 3.85. The molecule has 3 aromatic rings. The molecule has 1 aromatic carbocycles. The van der Waals surface area contributed by atoms with Gasteiger partial charge in [-0.3, -0.25) is 14.3 Å². The molecule has 0 radical (unpaired) electrons. The van der Waals surface area contributed by atoms with E-state index < -0.39 is 0 Å². The number of carbonyl (C=O) groups excluding carboxylic acids is 1. The van der Waals surface area contributed by atoms with Gasteiger partial charge in [0, 0.05) is 29.6 Å². The normalized spacial score (nSPS) is 11.0. The second kappa shape index (κ2) is 6.60. The average molecular weight is 389 g/mol. The van der Waals surface area contributed by atoms with Gasteiger partial charge in [0.25, 0.3) is 5.56 Å². The van der Waals surface area contributed by atoms with Gasteiger partial charge in [0.15, 0.2) is 0 Å². The molecular weight excluding hydrogens is 372 g/mol. The van der Waals surface area contributed by atoms with Crippen molar-refractivity contribution in [3.63, 3.8) is 0 Å². The van der Waals surface area contributed by atoms with E-state index in [9.17, 15) is 9.59 Å². The van der Waals surface area contributed by atoms with Crippen LogP contribution in [0.2, 0.25) is 0 Å². The lowest BCUT2D eigenvalue weighted by Crippen LogP contribution is -2.32. The van der Waals surface area contributed by atoms with Crippen LogP contribution in [0.4, 0.5) is 0 Å². The molecule has 7 heteroatoms. The first-order valence-corrected chi connectivity index (χ1v) is 8.29. The zero-order chi connectivity index (χ0) is 17.3. The molecular formula is C17H17BrN4O2. The summed E-state index contributed by atoms with van der Waals surface area (Å²) in [4.78, 5) is 24.7. The molecule has 2 aromatic heterocycles. The van der Waals surface area contributed by atoms with E-state index in [0.29, 0.717) is 12.1 Å². The molecule has 0 atom stereocenters. The Hall–Kier alpha value is -2.41. The van der Waals surface area contributed by atoms with Crippen molar-refractivity contribution in [2.24, 2.45) is 7.05 Å². The van der Waals surface area contributed by atoms with Crippen molar-refractivity contribution in [1.82, 2.24) is 19.7 Å². The molecule has 6 nitrogen and oxygen atoms in total. The predicted molar refractivity (Wildman–Crippen MR) is 95.7 cm³/mol. The molecule has 0 fully saturated rings. The van der Waals surface area contributed by atoms with Gasteiger partial charge in [0.1, 0.15) is 12.1 Å². The zero-order valence-corrected chi connectivity index (χ0v) is 15.0. The number of hydrogen-bond donors (Lipinski definition) is 1. The average Bonchev–Trinajstić information content (AvgIpc) is 2.83. The van der Waals surface area contributed by atoms with Gasteiger partial charge in [-0.25, -0.2) is 0 Å². The smallest absolute Gasteiger partial charge is 0.277 e. The summed E-state index contributed by atoms with van der Waals surface area (Å²) in [6, 6.07) is 9.53. The van der Waals surface area contributed by atoms with Crippen molar-refractivity contribution >= 4 is 32.7 Å². The summed E-state index contributed by atoms with van der Waals surface area (Å²) in [7, 11) is 1.73. The highest BCUT2D eigenvalue weighted by molar-refractivity contribution is 9.10. The number of hydrogen-bond acceptors (Lipinski definition) is 3. The van der Waals surface area contributed by atoms with E-state index in [0.717, 1.165) is 21.1 Å². The maximum absolute atomic E-state index is 12.5. The van der Waals surface area contributed by atoms with Crippen molar-refractivity contribution < 1.29 is 4.79 Å². The number of halogens is 1. The maximum Gasteiger partial charge on any atom is 0.277 e. The van der Waals surface area contributed by atoms with Crippen molar-refractivity contribution in [1.29, 1.82) is 0 Å². The molecule has 0 aliphatic rings. The second-order valence-electron chi connectivity index (χ2n) is 5.63. The fourth-order valence-electron chi connectivity index (χ4n) is 2.68. The summed E-state index contributed by atoms with van der Waals surface area (Å²) < 4.78 is 3.92. The van der Waals surface area contributed by atoms with Crippen LogP contribution in [-0.2, 0) is 24.9 Å². The number of aryl methyl sites for hydroxylation is 2. The molecule has 0 bridgehead atoms. The van der Waals surface area contributed by atoms with Crippen LogP contribution in [0.5, 0.6) is 0 Å². The minimum atomic E-state index is -0.215. The standard InChI is InChI=1S/C17H17BrN4O2/c1-11-14-6-7-22(17(24)16(14)21(2)20-11)10-15(23)19-9-12-4-3-5-13(18)8-12/h3-8H,9-10H2,1-2H3,(H,19,23). The van der Waals surface area contributed by atoms with Crippen LogP contribution in [0.1, 0.15) is 11.3 Å². The number of amides is 1. The Morgan fingerprint density at radius 3 is 2.88 bits per heavy atom. The first kappa shape index (κ1) is 16.4. The van der Waals surface area contributed by atoms with Crippen LogP contribution in [-0.4, -0.2) is 20.3 Å². The van der Waals surface area contributed by atoms with Gasteiger partial charge in [-0.05, 0) is 30.7 Å². The molecule has 0 saturated carbocycles. The third kappa shape index (κ3) is 3.26. The second-order valence-corrected chi connectivity index (χ2v) is 6.54. The third-order valence-corrected chi connectivity index (χ3v) is 4.34. The number of rotatable bonds is 4. The molecule has 0 aliphatic heterocycles. The first-order valence-electron chi connectivity index (χ1n) is 7.49. The number of carbonyl (C=O) groups is 1. The Morgan fingerprint density at radius 2 is 2.12 bits per heavy atom. The molecule has 0 unspecified atom stereocenters. The van der Waals surface area contributed by atoms with Gasteiger partial charge >= 0.3 is 0 Å². The quantitative estimate of drug-likeness (QED) is 0.743. The number of benzene rings is 1. The van der Waals surface area contributed by atoms with Crippen LogP contribution in [0.3, 0.4) is 0 Å². The van der Waals surface area contributed by atoms with Gasteiger partial charge in [0.2, 0.25) is 5.91 Å². The van der Waals surface area contributed by atoms with Gasteiger partial charge in [-0.1, -0.05) is 28.1 Å². The molecule has 0 spiro atoms. The van der Waals surface area contributed by atoms with E-state index in [2.05, 4.69) is 26.3 Å². The highest BCUT2D eigenvalue weighted by Gasteiger charge is 2.12. The van der Waals surface area contributed by atoms with Crippen LogP contribution < -0.4 is 10.9 Å². The monoisotopic (exact) mass is 388 g/mol. The van der Waals surface area contributed by atoms with Crippen LogP contribution in [0, 0.1) is 6.92 Å². The summed E-state index contributed by atoms with van der Waals surface area (Å²) in [5, 5.41) is 7.89. The summed E-state index contributed by atoms with van der Waals surface area (Å²) in [6.45, 7) is 2.25. The summed E-state index contributed by atoms with van der Waals surface area (Å²) in [5.41, 5.74) is 2.08. The maximum atomic E-state index is 12.5. The molecule has 1 amide bonds. The molecule has 0 saturated heterocycles.